The molecule has 29 heavy (non-hydrogen) atoms. The molecule has 1 saturated heterocycles. The standard InChI is InChI=1S/C23H27N3O3/c1-24-19-9-5-6-10-20(19)26(23(24)29)16-13-21(27)25-14-11-18(12-15-25)22(28)17-7-3-2-4-8-17/h2-10,18,22,28H,11-16H2,1H3/t22-/m1/s1. The van der Waals surface area contributed by atoms with E-state index in [1.54, 1.807) is 16.2 Å². The number of piperidine rings is 1. The van der Waals surface area contributed by atoms with Crippen molar-refractivity contribution in [3.8, 4) is 0 Å². The topological polar surface area (TPSA) is 67.5 Å². The van der Waals surface area contributed by atoms with Crippen LogP contribution in [-0.2, 0) is 18.4 Å². The molecule has 6 nitrogen and oxygen atoms in total. The first-order chi connectivity index (χ1) is 14.1. The normalized spacial score (nSPS) is 16.3. The van der Waals surface area contributed by atoms with E-state index in [2.05, 4.69) is 0 Å². The van der Waals surface area contributed by atoms with Crippen molar-refractivity contribution in [2.24, 2.45) is 13.0 Å². The van der Waals surface area contributed by atoms with Crippen LogP contribution in [0.3, 0.4) is 0 Å². The molecule has 1 aromatic heterocycles. The number of fused-ring (bicyclic) bond motifs is 1. The zero-order valence-corrected chi connectivity index (χ0v) is 16.7. The van der Waals surface area contributed by atoms with Gasteiger partial charge in [-0.25, -0.2) is 4.79 Å². The number of aliphatic hydroxyl groups excluding tert-OH is 1. The van der Waals surface area contributed by atoms with Crippen molar-refractivity contribution in [3.63, 3.8) is 0 Å². The van der Waals surface area contributed by atoms with Crippen LogP contribution in [0, 0.1) is 5.92 Å². The van der Waals surface area contributed by atoms with Crippen LogP contribution in [0.25, 0.3) is 11.0 Å². The van der Waals surface area contributed by atoms with E-state index in [-0.39, 0.29) is 17.5 Å². The molecule has 1 aliphatic heterocycles. The van der Waals surface area contributed by atoms with E-state index in [1.165, 1.54) is 0 Å². The summed E-state index contributed by atoms with van der Waals surface area (Å²) in [5, 5.41) is 10.6. The van der Waals surface area contributed by atoms with E-state index >= 15 is 0 Å². The van der Waals surface area contributed by atoms with E-state index in [0.29, 0.717) is 26.1 Å². The Labute approximate surface area is 170 Å². The van der Waals surface area contributed by atoms with Gasteiger partial charge < -0.3 is 10.0 Å². The number of rotatable bonds is 5. The number of carbonyl (C=O) groups is 1. The Kier molecular flexibility index (Phi) is 5.53. The van der Waals surface area contributed by atoms with Crippen molar-refractivity contribution in [2.75, 3.05) is 13.1 Å². The highest BCUT2D eigenvalue weighted by Crippen LogP contribution is 2.30. The van der Waals surface area contributed by atoms with Gasteiger partial charge in [0.25, 0.3) is 0 Å². The van der Waals surface area contributed by atoms with E-state index < -0.39 is 6.10 Å². The lowest BCUT2D eigenvalue weighted by Gasteiger charge is -2.34. The number of para-hydroxylation sites is 2. The molecule has 1 fully saturated rings. The molecule has 1 atom stereocenters. The predicted molar refractivity (Wildman–Crippen MR) is 113 cm³/mol. The van der Waals surface area contributed by atoms with Crippen LogP contribution < -0.4 is 5.69 Å². The van der Waals surface area contributed by atoms with Crippen LogP contribution in [0.15, 0.2) is 59.4 Å². The summed E-state index contributed by atoms with van der Waals surface area (Å²) in [5.41, 5.74) is 2.58. The minimum Gasteiger partial charge on any atom is -0.388 e. The average molecular weight is 393 g/mol. The maximum atomic E-state index is 12.7. The Morgan fingerprint density at radius 2 is 1.66 bits per heavy atom. The SMILES string of the molecule is Cn1c(=O)n(CCC(=O)N2CCC([C@H](O)c3ccccc3)CC2)c2ccccc21. The van der Waals surface area contributed by atoms with Crippen LogP contribution >= 0.6 is 0 Å². The third-order valence-corrected chi connectivity index (χ3v) is 6.08. The third-order valence-electron chi connectivity index (χ3n) is 6.08. The van der Waals surface area contributed by atoms with Gasteiger partial charge >= 0.3 is 5.69 Å². The number of hydrogen-bond acceptors (Lipinski definition) is 3. The molecule has 4 rings (SSSR count). The largest absolute Gasteiger partial charge is 0.388 e. The highest BCUT2D eigenvalue weighted by molar-refractivity contribution is 5.78. The third kappa shape index (κ3) is 3.85. The van der Waals surface area contributed by atoms with Gasteiger partial charge in [0.2, 0.25) is 5.91 Å². The maximum Gasteiger partial charge on any atom is 0.328 e. The fourth-order valence-electron chi connectivity index (χ4n) is 4.33. The number of amides is 1. The molecule has 1 N–H and O–H groups in total. The van der Waals surface area contributed by atoms with E-state index in [1.807, 2.05) is 59.5 Å². The van der Waals surface area contributed by atoms with Crippen LogP contribution in [-0.4, -0.2) is 38.1 Å². The van der Waals surface area contributed by atoms with E-state index in [4.69, 9.17) is 0 Å². The summed E-state index contributed by atoms with van der Waals surface area (Å²) in [6.45, 7) is 1.68. The van der Waals surface area contributed by atoms with Crippen molar-refractivity contribution < 1.29 is 9.90 Å². The summed E-state index contributed by atoms with van der Waals surface area (Å²) in [6, 6.07) is 17.4. The second-order valence-corrected chi connectivity index (χ2v) is 7.81. The lowest BCUT2D eigenvalue weighted by Crippen LogP contribution is -2.40. The smallest absolute Gasteiger partial charge is 0.328 e. The van der Waals surface area contributed by atoms with Crippen LogP contribution in [0.1, 0.15) is 30.9 Å². The molecule has 0 spiro atoms. The summed E-state index contributed by atoms with van der Waals surface area (Å²) in [4.78, 5) is 27.1. The molecular formula is C23H27N3O3. The average Bonchev–Trinajstić information content (AvgIpc) is 3.02. The minimum absolute atomic E-state index is 0.0671. The lowest BCUT2D eigenvalue weighted by atomic mass is 9.87. The van der Waals surface area contributed by atoms with E-state index in [0.717, 1.165) is 29.4 Å². The highest BCUT2D eigenvalue weighted by atomic mass is 16.3. The van der Waals surface area contributed by atoms with Crippen LogP contribution in [0.5, 0.6) is 0 Å². The van der Waals surface area contributed by atoms with Crippen molar-refractivity contribution >= 4 is 16.9 Å². The number of carbonyl (C=O) groups excluding carboxylic acids is 1. The molecule has 1 aliphatic rings. The predicted octanol–water partition coefficient (Wildman–Crippen LogP) is 2.70. The molecule has 0 radical (unpaired) electrons. The fraction of sp³-hybridized carbons (Fsp3) is 0.391. The summed E-state index contributed by atoms with van der Waals surface area (Å²) < 4.78 is 3.30. The molecule has 1 amide bonds. The fourth-order valence-corrected chi connectivity index (χ4v) is 4.33. The van der Waals surface area contributed by atoms with Gasteiger partial charge in [-0.05, 0) is 36.5 Å². The molecular weight excluding hydrogens is 366 g/mol. The Morgan fingerprint density at radius 1 is 1.03 bits per heavy atom. The molecule has 0 saturated carbocycles. The van der Waals surface area contributed by atoms with Crippen molar-refractivity contribution in [2.45, 2.75) is 31.9 Å². The van der Waals surface area contributed by atoms with Gasteiger partial charge in [-0.15, -0.1) is 0 Å². The van der Waals surface area contributed by atoms with E-state index in [9.17, 15) is 14.7 Å². The maximum absolute atomic E-state index is 12.7. The van der Waals surface area contributed by atoms with Crippen molar-refractivity contribution in [1.82, 2.24) is 14.0 Å². The molecule has 2 aromatic carbocycles. The summed E-state index contributed by atoms with van der Waals surface area (Å²) in [7, 11) is 1.76. The van der Waals surface area contributed by atoms with Gasteiger partial charge in [-0.2, -0.15) is 0 Å². The van der Waals surface area contributed by atoms with Gasteiger partial charge in [0.05, 0.1) is 17.1 Å². The number of nitrogens with zero attached hydrogens (tertiary/aromatic N) is 3. The molecule has 2 heterocycles. The van der Waals surface area contributed by atoms with Gasteiger partial charge in [0.15, 0.2) is 0 Å². The lowest BCUT2D eigenvalue weighted by molar-refractivity contribution is -0.133. The number of imidazole rings is 1. The number of benzene rings is 2. The first-order valence-corrected chi connectivity index (χ1v) is 10.2. The molecule has 0 bridgehead atoms. The Hall–Kier alpha value is -2.86. The molecule has 6 heteroatoms. The molecule has 0 unspecified atom stereocenters. The first kappa shape index (κ1) is 19.5. The van der Waals surface area contributed by atoms with Gasteiger partial charge in [0, 0.05) is 33.1 Å². The summed E-state index contributed by atoms with van der Waals surface area (Å²) in [6.07, 6.45) is 1.40. The Balaban J connectivity index is 1.35. The van der Waals surface area contributed by atoms with Crippen molar-refractivity contribution in [3.05, 3.63) is 70.6 Å². The highest BCUT2D eigenvalue weighted by Gasteiger charge is 2.28. The van der Waals surface area contributed by atoms with Gasteiger partial charge in [-0.1, -0.05) is 42.5 Å². The second-order valence-electron chi connectivity index (χ2n) is 7.81. The minimum atomic E-state index is -0.484. The number of aromatic nitrogens is 2. The number of aryl methyl sites for hydroxylation is 2. The Bertz CT molecular complexity index is 1050. The Morgan fingerprint density at radius 3 is 2.34 bits per heavy atom. The van der Waals surface area contributed by atoms with Crippen LogP contribution in [0.2, 0.25) is 0 Å². The first-order valence-electron chi connectivity index (χ1n) is 10.2. The summed E-state index contributed by atoms with van der Waals surface area (Å²) >= 11 is 0. The molecule has 152 valence electrons. The zero-order chi connectivity index (χ0) is 20.4. The second kappa shape index (κ2) is 8.25. The van der Waals surface area contributed by atoms with Gasteiger partial charge in [-0.3, -0.25) is 13.9 Å². The van der Waals surface area contributed by atoms with Crippen LogP contribution in [0.4, 0.5) is 0 Å². The number of hydrogen-bond donors (Lipinski definition) is 1. The van der Waals surface area contributed by atoms with Gasteiger partial charge in [0.1, 0.15) is 0 Å². The monoisotopic (exact) mass is 393 g/mol. The number of aliphatic hydroxyl groups is 1. The molecule has 0 aliphatic carbocycles. The zero-order valence-electron chi connectivity index (χ0n) is 16.7. The quantitative estimate of drug-likeness (QED) is 0.725. The summed E-state index contributed by atoms with van der Waals surface area (Å²) in [5.74, 6) is 0.236. The molecule has 3 aromatic rings. The number of likely N-dealkylation sites (tertiary alicyclic amines) is 1. The van der Waals surface area contributed by atoms with Crippen molar-refractivity contribution in [1.29, 1.82) is 0 Å².